The zero-order valence-corrected chi connectivity index (χ0v) is 13.8. The third-order valence-corrected chi connectivity index (χ3v) is 4.18. The van der Waals surface area contributed by atoms with Crippen LogP contribution in [0, 0.1) is 0 Å². The summed E-state index contributed by atoms with van der Waals surface area (Å²) in [6.45, 7) is 3.28. The molecule has 1 aromatic carbocycles. The highest BCUT2D eigenvalue weighted by Gasteiger charge is 2.42. The average molecular weight is 296 g/mol. The Kier molecular flexibility index (Phi) is 7.89. The Morgan fingerprint density at radius 2 is 1.67 bits per heavy atom. The van der Waals surface area contributed by atoms with Crippen LogP contribution in [0.25, 0.3) is 0 Å². The maximum absolute atomic E-state index is 5.90. The summed E-state index contributed by atoms with van der Waals surface area (Å²) in [6, 6.07) is 10.3. The maximum Gasteiger partial charge on any atom is 0.100 e. The van der Waals surface area contributed by atoms with Crippen LogP contribution < -0.4 is 0 Å². The van der Waals surface area contributed by atoms with E-state index in [4.69, 9.17) is 18.9 Å². The highest BCUT2D eigenvalue weighted by atomic mass is 16.5. The van der Waals surface area contributed by atoms with Crippen LogP contribution in [-0.4, -0.2) is 53.4 Å². The molecule has 0 saturated carbocycles. The molecule has 0 spiro atoms. The third-order valence-electron chi connectivity index (χ3n) is 4.18. The molecule has 0 heterocycles. The van der Waals surface area contributed by atoms with Crippen molar-refractivity contribution in [2.24, 2.45) is 0 Å². The minimum atomic E-state index is -0.495. The summed E-state index contributed by atoms with van der Waals surface area (Å²) in [5.41, 5.74) is 0.688. The largest absolute Gasteiger partial charge is 0.385 e. The van der Waals surface area contributed by atoms with E-state index in [1.807, 2.05) is 18.2 Å². The van der Waals surface area contributed by atoms with Crippen molar-refractivity contribution in [3.05, 3.63) is 35.9 Å². The first-order chi connectivity index (χ1) is 10.1. The topological polar surface area (TPSA) is 36.9 Å². The van der Waals surface area contributed by atoms with Gasteiger partial charge in [-0.1, -0.05) is 30.3 Å². The van der Waals surface area contributed by atoms with Crippen molar-refractivity contribution in [2.75, 3.05) is 41.7 Å². The lowest BCUT2D eigenvalue weighted by molar-refractivity contribution is -0.136. The summed E-state index contributed by atoms with van der Waals surface area (Å²) in [5, 5.41) is 0. The Balaban J connectivity index is 3.09. The van der Waals surface area contributed by atoms with Gasteiger partial charge in [0.15, 0.2) is 0 Å². The van der Waals surface area contributed by atoms with Crippen molar-refractivity contribution in [3.63, 3.8) is 0 Å². The molecule has 0 aliphatic carbocycles. The van der Waals surface area contributed by atoms with Crippen LogP contribution in [0.2, 0.25) is 0 Å². The van der Waals surface area contributed by atoms with Crippen molar-refractivity contribution in [2.45, 2.75) is 31.0 Å². The lowest BCUT2D eigenvalue weighted by Crippen LogP contribution is -2.49. The van der Waals surface area contributed by atoms with E-state index in [1.54, 1.807) is 28.4 Å². The van der Waals surface area contributed by atoms with Gasteiger partial charge in [-0.3, -0.25) is 0 Å². The van der Waals surface area contributed by atoms with Crippen LogP contribution in [0.15, 0.2) is 30.3 Å². The van der Waals surface area contributed by atoms with Crippen molar-refractivity contribution in [1.82, 2.24) is 0 Å². The van der Waals surface area contributed by atoms with Crippen molar-refractivity contribution in [3.8, 4) is 0 Å². The minimum Gasteiger partial charge on any atom is -0.385 e. The first kappa shape index (κ1) is 18.1. The monoisotopic (exact) mass is 296 g/mol. The lowest BCUT2D eigenvalue weighted by Gasteiger charge is -2.42. The number of ether oxygens (including phenoxy) is 4. The molecule has 0 saturated heterocycles. The Hall–Kier alpha value is -0.940. The van der Waals surface area contributed by atoms with E-state index in [9.17, 15) is 0 Å². The lowest BCUT2D eigenvalue weighted by atomic mass is 9.78. The number of benzene rings is 1. The maximum atomic E-state index is 5.90. The van der Waals surface area contributed by atoms with Gasteiger partial charge < -0.3 is 18.9 Å². The summed E-state index contributed by atoms with van der Waals surface area (Å²) in [5.74, 6) is 0.0792. The van der Waals surface area contributed by atoms with Crippen molar-refractivity contribution < 1.29 is 18.9 Å². The van der Waals surface area contributed by atoms with Gasteiger partial charge in [-0.25, -0.2) is 0 Å². The predicted molar refractivity (Wildman–Crippen MR) is 83.8 cm³/mol. The first-order valence-electron chi connectivity index (χ1n) is 7.24. The minimum absolute atomic E-state index is 0.0792. The number of rotatable bonds is 10. The van der Waals surface area contributed by atoms with Crippen LogP contribution in [0.1, 0.15) is 24.8 Å². The second-order valence-electron chi connectivity index (χ2n) is 5.31. The molecule has 0 bridgehead atoms. The fourth-order valence-electron chi connectivity index (χ4n) is 2.81. The summed E-state index contributed by atoms with van der Waals surface area (Å²) in [6.07, 6.45) is 0.688. The van der Waals surface area contributed by atoms with E-state index < -0.39 is 5.60 Å². The Morgan fingerprint density at radius 3 is 2.14 bits per heavy atom. The zero-order valence-electron chi connectivity index (χ0n) is 13.8. The first-order valence-corrected chi connectivity index (χ1v) is 7.24. The molecule has 4 heteroatoms. The molecule has 120 valence electrons. The van der Waals surface area contributed by atoms with Crippen molar-refractivity contribution >= 4 is 0 Å². The number of hydrogen-bond acceptors (Lipinski definition) is 4. The van der Waals surface area contributed by atoms with Crippen LogP contribution in [-0.2, 0) is 18.9 Å². The fourth-order valence-corrected chi connectivity index (χ4v) is 2.81. The van der Waals surface area contributed by atoms with Gasteiger partial charge in [-0.15, -0.1) is 0 Å². The van der Waals surface area contributed by atoms with Gasteiger partial charge in [0, 0.05) is 41.0 Å². The molecule has 4 nitrogen and oxygen atoms in total. The third kappa shape index (κ3) is 4.51. The molecular formula is C17H28O4. The van der Waals surface area contributed by atoms with Gasteiger partial charge in [-0.05, 0) is 18.9 Å². The van der Waals surface area contributed by atoms with Crippen LogP contribution in [0.4, 0.5) is 0 Å². The van der Waals surface area contributed by atoms with Crippen LogP contribution in [0.3, 0.4) is 0 Å². The molecule has 0 amide bonds. The normalized spacial score (nSPS) is 17.2. The summed E-state index contributed by atoms with van der Waals surface area (Å²) in [4.78, 5) is 0. The van der Waals surface area contributed by atoms with E-state index in [-0.39, 0.29) is 12.0 Å². The van der Waals surface area contributed by atoms with E-state index in [2.05, 4.69) is 19.1 Å². The van der Waals surface area contributed by atoms with Gasteiger partial charge in [-0.2, -0.15) is 0 Å². The van der Waals surface area contributed by atoms with E-state index in [0.29, 0.717) is 13.2 Å². The molecule has 0 aliphatic heterocycles. The van der Waals surface area contributed by atoms with Gasteiger partial charge in [0.1, 0.15) is 5.60 Å². The summed E-state index contributed by atoms with van der Waals surface area (Å²) in [7, 11) is 6.85. The second kappa shape index (κ2) is 9.15. The van der Waals surface area contributed by atoms with Gasteiger partial charge in [0.25, 0.3) is 0 Å². The van der Waals surface area contributed by atoms with Gasteiger partial charge in [0.05, 0.1) is 12.7 Å². The van der Waals surface area contributed by atoms with Crippen LogP contribution >= 0.6 is 0 Å². The molecule has 0 radical (unpaired) electrons. The van der Waals surface area contributed by atoms with Gasteiger partial charge in [0.2, 0.25) is 0 Å². The highest BCUT2D eigenvalue weighted by molar-refractivity contribution is 5.24. The number of methoxy groups -OCH3 is 4. The van der Waals surface area contributed by atoms with Crippen LogP contribution in [0.5, 0.6) is 0 Å². The van der Waals surface area contributed by atoms with E-state index >= 15 is 0 Å². The summed E-state index contributed by atoms with van der Waals surface area (Å²) >= 11 is 0. The molecular weight excluding hydrogens is 268 g/mol. The SMILES string of the molecule is COCCC(OC)C(C)(OC)C(COC)c1ccccc1. The molecule has 0 N–H and O–H groups in total. The van der Waals surface area contributed by atoms with Crippen molar-refractivity contribution in [1.29, 1.82) is 0 Å². The Morgan fingerprint density at radius 1 is 1.00 bits per heavy atom. The molecule has 21 heavy (non-hydrogen) atoms. The number of hydrogen-bond donors (Lipinski definition) is 0. The average Bonchev–Trinajstić information content (AvgIpc) is 2.53. The Bertz CT molecular complexity index is 382. The quantitative estimate of drug-likeness (QED) is 0.665. The highest BCUT2D eigenvalue weighted by Crippen LogP contribution is 2.36. The zero-order chi connectivity index (χ0) is 15.7. The molecule has 1 rings (SSSR count). The van der Waals surface area contributed by atoms with Gasteiger partial charge >= 0.3 is 0 Å². The fraction of sp³-hybridized carbons (Fsp3) is 0.647. The molecule has 0 fully saturated rings. The molecule has 0 aliphatic rings. The predicted octanol–water partition coefficient (Wildman–Crippen LogP) is 2.87. The molecule has 3 unspecified atom stereocenters. The molecule has 3 atom stereocenters. The van der Waals surface area contributed by atoms with E-state index in [0.717, 1.165) is 6.42 Å². The summed E-state index contributed by atoms with van der Waals surface area (Å²) < 4.78 is 22.2. The standard InChI is InChI=1S/C17H28O4/c1-17(21-5,16(20-4)11-12-18-2)15(13-19-3)14-9-7-6-8-10-14/h6-10,15-16H,11-13H2,1-5H3. The molecule has 0 aromatic heterocycles. The van der Waals surface area contributed by atoms with E-state index in [1.165, 1.54) is 5.56 Å². The second-order valence-corrected chi connectivity index (χ2v) is 5.31. The smallest absolute Gasteiger partial charge is 0.100 e. The molecule has 1 aromatic rings. The Labute approximate surface area is 128 Å².